The molecule has 32 N–H and O–H groups in total. The summed E-state index contributed by atoms with van der Waals surface area (Å²) in [7, 11) is 0. The van der Waals surface area contributed by atoms with Crippen LogP contribution in [-0.4, -0.2) is 277 Å². The summed E-state index contributed by atoms with van der Waals surface area (Å²) in [6, 6.07) is -13.9. The highest BCUT2D eigenvalue weighted by Crippen LogP contribution is 2.17. The van der Waals surface area contributed by atoms with E-state index in [4.69, 9.17) is 28.7 Å². The van der Waals surface area contributed by atoms with Crippen molar-refractivity contribution in [3.63, 3.8) is 0 Å². The number of aliphatic carboxylic acids is 4. The molecule has 0 aliphatic heterocycles. The van der Waals surface area contributed by atoms with Gasteiger partial charge in [0.1, 0.15) is 96.1 Å². The summed E-state index contributed by atoms with van der Waals surface area (Å²) in [6.45, 7) is 3.91. The second kappa shape index (κ2) is 54.6. The maximum Gasteiger partial charge on any atom is 0.326 e. The first-order valence-electron chi connectivity index (χ1n) is 38.6. The fourth-order valence-corrected chi connectivity index (χ4v) is 11.5. The number of carboxylic acids is 4. The van der Waals surface area contributed by atoms with E-state index in [0.29, 0.717) is 19.3 Å². The number of nitrogens with two attached hydrogens (primary N) is 5. The van der Waals surface area contributed by atoms with Crippen LogP contribution in [0.4, 0.5) is 0 Å². The van der Waals surface area contributed by atoms with Gasteiger partial charge in [0.05, 0.1) is 32.2 Å². The molecule has 660 valence electrons. The minimum atomic E-state index is -2.13. The summed E-state index contributed by atoms with van der Waals surface area (Å²) in [5.74, 6) is -22.3. The maximum atomic E-state index is 14.8. The number of hydrogen-bond donors (Lipinski definition) is 27. The fourth-order valence-electron chi connectivity index (χ4n) is 11.5. The zero-order chi connectivity index (χ0) is 88.9. The molecule has 0 spiro atoms. The number of phenols is 2. The van der Waals surface area contributed by atoms with Crippen molar-refractivity contribution < 1.29 is 127 Å². The highest BCUT2D eigenvalue weighted by Gasteiger charge is 2.39. The third-order valence-electron chi connectivity index (χ3n) is 18.2. The molecule has 2 aromatic carbocycles. The number of unbranched alkanes of at least 4 members (excludes halogenated alkanes) is 4. The number of aromatic hydroxyl groups is 2. The van der Waals surface area contributed by atoms with Crippen LogP contribution >= 0.6 is 0 Å². The standard InChI is InChI=1S/C74H118N18O26/c1-38(2)31-50(66(109)89-53(34-58(100)101)69(112)84-48(25-26-57(98)99)65(108)82-46(14-6-10-28-76)63(106)81-45(13-5-9-27-75)62(105)80-39(3)61(104)85-49(74(117)118)16-8-12-30-78)86-67(110)51(32-41-17-21-43(96)22-18-41)87-64(107)47(15-7-11-29-77)83-71(114)55(36-93)91-68(111)52(33-42-19-23-44(97)24-20-42)88-70(113)54(35-59(102)103)90-72(115)56(37-94)92-73(116)60(79)40(4)95/h17-24,38-40,45-56,60,93-97H,5-16,25-37,75-79H2,1-4H3,(H,80,105)(H,81,106)(H,82,108)(H,83,114)(H,84,112)(H,85,104)(H,86,110)(H,87,107)(H,88,113)(H,89,109)(H,90,115)(H,91,111)(H,92,116)(H,98,99)(H,100,101)(H,102,103)(H,117,118)/t39-,40+,45-,46-,47-,48-,49-,50-,51-,52-,53-,54-,55-,56-,60-/m0/s1. The van der Waals surface area contributed by atoms with Crippen LogP contribution in [-0.2, 0) is 94.3 Å². The van der Waals surface area contributed by atoms with Gasteiger partial charge >= 0.3 is 23.9 Å². The number of hydrogen-bond acceptors (Lipinski definition) is 27. The maximum absolute atomic E-state index is 14.8. The molecule has 13 amide bonds. The molecule has 0 aliphatic rings. The van der Waals surface area contributed by atoms with Crippen molar-refractivity contribution in [2.45, 2.75) is 240 Å². The molecule has 0 bridgehead atoms. The first kappa shape index (κ1) is 103. The number of aliphatic hydroxyl groups is 3. The Hall–Kier alpha value is -11.3. The lowest BCUT2D eigenvalue weighted by molar-refractivity contribution is -0.142. The highest BCUT2D eigenvalue weighted by atomic mass is 16.4. The Morgan fingerprint density at radius 1 is 0.322 bits per heavy atom. The number of nitrogens with one attached hydrogen (secondary N) is 13. The third kappa shape index (κ3) is 39.1. The predicted octanol–water partition coefficient (Wildman–Crippen LogP) is -7.64. The number of phenolic OH excluding ortho intramolecular Hbond substituents is 2. The van der Waals surface area contributed by atoms with E-state index in [2.05, 4.69) is 69.1 Å². The fraction of sp³-hybridized carbons (Fsp3) is 0.608. The lowest BCUT2D eigenvalue weighted by atomic mass is 9.99. The molecule has 0 unspecified atom stereocenters. The average molecular weight is 1680 g/mol. The minimum absolute atomic E-state index is 0.0325. The summed E-state index contributed by atoms with van der Waals surface area (Å²) in [6.07, 6.45) is -4.83. The van der Waals surface area contributed by atoms with Crippen LogP contribution in [0.3, 0.4) is 0 Å². The van der Waals surface area contributed by atoms with Gasteiger partial charge in [-0.3, -0.25) is 76.7 Å². The molecule has 2 aromatic rings. The number of aliphatic hydroxyl groups excluding tert-OH is 3. The van der Waals surface area contributed by atoms with Gasteiger partial charge in [0.15, 0.2) is 0 Å². The second-order valence-corrected chi connectivity index (χ2v) is 28.6. The van der Waals surface area contributed by atoms with Gasteiger partial charge in [-0.15, -0.1) is 0 Å². The molecule has 0 fully saturated rings. The normalized spacial score (nSPS) is 15.0. The average Bonchev–Trinajstić information content (AvgIpc) is 0.857. The largest absolute Gasteiger partial charge is 0.508 e. The van der Waals surface area contributed by atoms with Crippen LogP contribution in [0.25, 0.3) is 0 Å². The number of carboxylic acid groups (broad SMARTS) is 4. The summed E-state index contributed by atoms with van der Waals surface area (Å²) in [4.78, 5) is 231. The van der Waals surface area contributed by atoms with Crippen molar-refractivity contribution in [2.75, 3.05) is 39.4 Å². The lowest BCUT2D eigenvalue weighted by Crippen LogP contribution is -2.62. The quantitative estimate of drug-likeness (QED) is 0.0274. The molecule has 2 rings (SSSR count). The number of carbonyl (C=O) groups excluding carboxylic acids is 13. The second-order valence-electron chi connectivity index (χ2n) is 28.6. The van der Waals surface area contributed by atoms with E-state index in [1.54, 1.807) is 13.8 Å². The number of amides is 13. The molecule has 118 heavy (non-hydrogen) atoms. The predicted molar refractivity (Wildman–Crippen MR) is 418 cm³/mol. The Kier molecular flexibility index (Phi) is 47.6. The SMILES string of the molecule is CC(C)C[C@H](NC(=O)[C@H](Cc1ccc(O)cc1)NC(=O)[C@H](CCCCN)NC(=O)[C@H](CO)NC(=O)[C@H](Cc1ccc(O)cc1)NC(=O)[C@H](CC(=O)O)NC(=O)[C@H](CO)NC(=O)[C@@H](N)[C@@H](C)O)C(=O)N[C@@H](CC(=O)O)C(=O)N[C@@H](CCC(=O)O)C(=O)N[C@@H](CCCCN)C(=O)N[C@@H](CCCCN)C(=O)N[C@@H](C)C(=O)N[C@@H](CCCCN)C(=O)O. The Morgan fingerprint density at radius 2 is 0.593 bits per heavy atom. The zero-order valence-corrected chi connectivity index (χ0v) is 66.4. The van der Waals surface area contributed by atoms with E-state index < -0.39 is 249 Å². The number of carbonyl (C=O) groups is 17. The molecular weight excluding hydrogens is 1560 g/mol. The van der Waals surface area contributed by atoms with Crippen molar-refractivity contribution in [2.24, 2.45) is 34.6 Å². The van der Waals surface area contributed by atoms with Crippen LogP contribution < -0.4 is 97.8 Å². The van der Waals surface area contributed by atoms with Gasteiger partial charge in [0, 0.05) is 19.3 Å². The van der Waals surface area contributed by atoms with Gasteiger partial charge < -0.3 is 144 Å². The van der Waals surface area contributed by atoms with Crippen molar-refractivity contribution in [3.05, 3.63) is 59.7 Å². The first-order chi connectivity index (χ1) is 55.7. The van der Waals surface area contributed by atoms with E-state index in [-0.39, 0.29) is 113 Å². The van der Waals surface area contributed by atoms with Crippen LogP contribution in [0.5, 0.6) is 11.5 Å². The monoisotopic (exact) mass is 1670 g/mol. The van der Waals surface area contributed by atoms with E-state index in [1.807, 2.05) is 0 Å². The Bertz CT molecular complexity index is 3650. The Morgan fingerprint density at radius 3 is 0.915 bits per heavy atom. The molecule has 0 radical (unpaired) electrons. The molecule has 0 saturated heterocycles. The summed E-state index contributed by atoms with van der Waals surface area (Å²) < 4.78 is 0. The zero-order valence-electron chi connectivity index (χ0n) is 66.4. The highest BCUT2D eigenvalue weighted by molar-refractivity contribution is 6.01. The van der Waals surface area contributed by atoms with Gasteiger partial charge in [-0.2, -0.15) is 0 Å². The van der Waals surface area contributed by atoms with Crippen molar-refractivity contribution in [3.8, 4) is 11.5 Å². The van der Waals surface area contributed by atoms with Gasteiger partial charge in [-0.05, 0) is 171 Å². The van der Waals surface area contributed by atoms with Crippen molar-refractivity contribution in [1.82, 2.24) is 69.1 Å². The molecule has 44 heteroatoms. The van der Waals surface area contributed by atoms with Crippen molar-refractivity contribution in [1.29, 1.82) is 0 Å². The van der Waals surface area contributed by atoms with Gasteiger partial charge in [-0.25, -0.2) is 4.79 Å². The summed E-state index contributed by atoms with van der Waals surface area (Å²) in [5, 5.41) is 120. The molecule has 0 aromatic heterocycles. The molecule has 0 saturated carbocycles. The number of rotatable bonds is 59. The van der Waals surface area contributed by atoms with E-state index >= 15 is 0 Å². The smallest absolute Gasteiger partial charge is 0.326 e. The van der Waals surface area contributed by atoms with E-state index in [0.717, 1.165) is 6.92 Å². The van der Waals surface area contributed by atoms with E-state index in [1.165, 1.54) is 55.5 Å². The van der Waals surface area contributed by atoms with Crippen LogP contribution in [0, 0.1) is 5.92 Å². The molecular formula is C74H118N18O26. The van der Waals surface area contributed by atoms with Gasteiger partial charge in [0.2, 0.25) is 76.8 Å². The summed E-state index contributed by atoms with van der Waals surface area (Å²) >= 11 is 0. The molecule has 44 nitrogen and oxygen atoms in total. The molecule has 0 aliphatic carbocycles. The lowest BCUT2D eigenvalue weighted by Gasteiger charge is -2.28. The summed E-state index contributed by atoms with van der Waals surface area (Å²) in [5.41, 5.74) is 28.9. The van der Waals surface area contributed by atoms with Gasteiger partial charge in [0.25, 0.3) is 0 Å². The topological polar surface area (TPSA) is 759 Å². The minimum Gasteiger partial charge on any atom is -0.508 e. The Labute approximate surface area is 680 Å². The number of benzene rings is 2. The Balaban J connectivity index is 2.61. The third-order valence-corrected chi connectivity index (χ3v) is 18.2. The van der Waals surface area contributed by atoms with Crippen LogP contribution in [0.1, 0.15) is 148 Å². The molecule has 0 heterocycles. The van der Waals surface area contributed by atoms with Crippen molar-refractivity contribution >= 4 is 101 Å². The molecule has 15 atom stereocenters. The van der Waals surface area contributed by atoms with Crippen LogP contribution in [0.2, 0.25) is 0 Å². The van der Waals surface area contributed by atoms with E-state index in [9.17, 15) is 127 Å². The van der Waals surface area contributed by atoms with Gasteiger partial charge in [-0.1, -0.05) is 38.1 Å². The van der Waals surface area contributed by atoms with Crippen LogP contribution in [0.15, 0.2) is 48.5 Å². The first-order valence-corrected chi connectivity index (χ1v) is 38.6.